The molecule has 0 aromatic heterocycles. The van der Waals surface area contributed by atoms with Crippen molar-refractivity contribution in [2.45, 2.75) is 64.1 Å². The first kappa shape index (κ1) is 28.2. The molecule has 0 radical (unpaired) electrons. The first-order valence-corrected chi connectivity index (χ1v) is 14.4. The molecule has 3 aromatic rings. The largest absolute Gasteiger partial charge is 0.483 e. The Morgan fingerprint density at radius 3 is 2.42 bits per heavy atom. The summed E-state index contributed by atoms with van der Waals surface area (Å²) in [6.45, 7) is 2.09. The van der Waals surface area contributed by atoms with E-state index in [0.29, 0.717) is 17.2 Å². The number of halogens is 2. The van der Waals surface area contributed by atoms with Crippen molar-refractivity contribution in [1.82, 2.24) is 10.2 Å². The number of hydrogen-bond acceptors (Lipinski definition) is 3. The van der Waals surface area contributed by atoms with Crippen molar-refractivity contribution in [3.63, 3.8) is 0 Å². The lowest BCUT2D eigenvalue weighted by Crippen LogP contribution is -2.53. The van der Waals surface area contributed by atoms with E-state index in [0.717, 1.165) is 47.7 Å². The maximum atomic E-state index is 13.8. The Kier molecular flexibility index (Phi) is 10.2. The summed E-state index contributed by atoms with van der Waals surface area (Å²) in [5.41, 5.74) is 2.93. The molecule has 0 heterocycles. The van der Waals surface area contributed by atoms with E-state index in [-0.39, 0.29) is 31.0 Å². The lowest BCUT2D eigenvalue weighted by atomic mass is 10.0. The van der Waals surface area contributed by atoms with Crippen LogP contribution >= 0.6 is 27.5 Å². The highest BCUT2D eigenvalue weighted by Crippen LogP contribution is 2.27. The molecule has 1 N–H and O–H groups in total. The average Bonchev–Trinajstić information content (AvgIpc) is 3.44. The predicted molar refractivity (Wildman–Crippen MR) is 155 cm³/mol. The fourth-order valence-electron chi connectivity index (χ4n) is 4.84. The van der Waals surface area contributed by atoms with Crippen LogP contribution in [0.15, 0.2) is 77.3 Å². The minimum Gasteiger partial charge on any atom is -0.483 e. The highest BCUT2D eigenvalue weighted by Gasteiger charge is 2.32. The van der Waals surface area contributed by atoms with Gasteiger partial charge < -0.3 is 15.0 Å². The van der Waals surface area contributed by atoms with Gasteiger partial charge in [-0.15, -0.1) is 0 Å². The van der Waals surface area contributed by atoms with E-state index in [4.69, 9.17) is 16.3 Å². The number of carbonyl (C=O) groups excluding carboxylic acids is 2. The van der Waals surface area contributed by atoms with E-state index >= 15 is 0 Å². The van der Waals surface area contributed by atoms with E-state index in [1.54, 1.807) is 11.0 Å². The molecule has 38 heavy (non-hydrogen) atoms. The number of aryl methyl sites for hydroxylation is 1. The summed E-state index contributed by atoms with van der Waals surface area (Å²) in [5.74, 6) is 0.164. The van der Waals surface area contributed by atoms with Crippen LogP contribution in [0.5, 0.6) is 5.75 Å². The Balaban J connectivity index is 1.62. The minimum atomic E-state index is -0.712. The molecule has 0 spiro atoms. The summed E-state index contributed by atoms with van der Waals surface area (Å²) in [6, 6.07) is 22.5. The van der Waals surface area contributed by atoms with Gasteiger partial charge in [-0.3, -0.25) is 9.59 Å². The van der Waals surface area contributed by atoms with Crippen LogP contribution in [0.3, 0.4) is 0 Å². The maximum absolute atomic E-state index is 13.8. The van der Waals surface area contributed by atoms with Crippen molar-refractivity contribution in [3.8, 4) is 5.75 Å². The number of nitrogens with one attached hydrogen (secondary N) is 1. The molecule has 7 heteroatoms. The molecule has 3 aromatic carbocycles. The average molecular weight is 598 g/mol. The molecule has 1 atom stereocenters. The van der Waals surface area contributed by atoms with Gasteiger partial charge in [-0.25, -0.2) is 0 Å². The molecule has 1 aliphatic rings. The van der Waals surface area contributed by atoms with Gasteiger partial charge in [0.25, 0.3) is 5.91 Å². The van der Waals surface area contributed by atoms with E-state index < -0.39 is 6.04 Å². The Morgan fingerprint density at radius 2 is 1.74 bits per heavy atom. The van der Waals surface area contributed by atoms with Gasteiger partial charge in [-0.1, -0.05) is 86.0 Å². The molecule has 0 unspecified atom stereocenters. The zero-order chi connectivity index (χ0) is 26.9. The Morgan fingerprint density at radius 1 is 1.03 bits per heavy atom. The SMILES string of the molecule is CCc1ccc(OCC(=O)N(Cc2ccccc2Cl)[C@H](Cc2ccccc2)C(=O)NC2CCCC2)c(Br)c1. The molecule has 4 rings (SSSR count). The van der Waals surface area contributed by atoms with Crippen LogP contribution in [-0.2, 0) is 29.0 Å². The maximum Gasteiger partial charge on any atom is 0.261 e. The number of rotatable bonds is 11. The van der Waals surface area contributed by atoms with Gasteiger partial charge in [-0.2, -0.15) is 0 Å². The zero-order valence-corrected chi connectivity index (χ0v) is 24.0. The molecule has 1 aliphatic carbocycles. The Labute approximate surface area is 238 Å². The molecule has 2 amide bonds. The van der Waals surface area contributed by atoms with Crippen molar-refractivity contribution in [2.24, 2.45) is 0 Å². The number of amides is 2. The van der Waals surface area contributed by atoms with Crippen molar-refractivity contribution >= 4 is 39.3 Å². The van der Waals surface area contributed by atoms with Crippen LogP contribution in [0.2, 0.25) is 5.02 Å². The molecule has 0 bridgehead atoms. The smallest absolute Gasteiger partial charge is 0.261 e. The van der Waals surface area contributed by atoms with Crippen LogP contribution < -0.4 is 10.1 Å². The van der Waals surface area contributed by atoms with Gasteiger partial charge in [0.2, 0.25) is 5.91 Å². The summed E-state index contributed by atoms with van der Waals surface area (Å²) < 4.78 is 6.75. The Bertz CT molecular complexity index is 1230. The molecule has 1 saturated carbocycles. The van der Waals surface area contributed by atoms with E-state index in [1.165, 1.54) is 5.56 Å². The third kappa shape index (κ3) is 7.61. The minimum absolute atomic E-state index is 0.141. The molecular weight excluding hydrogens is 564 g/mol. The third-order valence-electron chi connectivity index (χ3n) is 7.03. The highest BCUT2D eigenvalue weighted by atomic mass is 79.9. The molecule has 0 saturated heterocycles. The monoisotopic (exact) mass is 596 g/mol. The van der Waals surface area contributed by atoms with Crippen molar-refractivity contribution in [3.05, 3.63) is 99.0 Å². The Hall–Kier alpha value is -2.83. The molecular formula is C31H34BrClN2O3. The number of carbonyl (C=O) groups is 2. The van der Waals surface area contributed by atoms with E-state index in [9.17, 15) is 9.59 Å². The standard InChI is InChI=1S/C31H34BrClN2O3/c1-2-22-16-17-29(26(32)18-22)38-21-30(36)35(20-24-12-6-9-15-27(24)33)28(19-23-10-4-3-5-11-23)31(37)34-25-13-7-8-14-25/h3-6,9-12,15-18,25,28H,2,7-8,13-14,19-21H2,1H3,(H,34,37)/t28-/m1/s1. The summed E-state index contributed by atoms with van der Waals surface area (Å²) in [7, 11) is 0. The number of nitrogens with zero attached hydrogens (tertiary/aromatic N) is 1. The van der Waals surface area contributed by atoms with Gasteiger partial charge in [-0.05, 0) is 70.1 Å². The first-order chi connectivity index (χ1) is 18.4. The molecule has 0 aliphatic heterocycles. The fraction of sp³-hybridized carbons (Fsp3) is 0.355. The quantitative estimate of drug-likeness (QED) is 0.266. The van der Waals surface area contributed by atoms with Gasteiger partial charge in [0.15, 0.2) is 6.61 Å². The molecule has 5 nitrogen and oxygen atoms in total. The first-order valence-electron chi connectivity index (χ1n) is 13.2. The molecule has 1 fully saturated rings. The zero-order valence-electron chi connectivity index (χ0n) is 21.7. The van der Waals surface area contributed by atoms with Gasteiger partial charge in [0.1, 0.15) is 11.8 Å². The van der Waals surface area contributed by atoms with Gasteiger partial charge >= 0.3 is 0 Å². The van der Waals surface area contributed by atoms with Gasteiger partial charge in [0.05, 0.1) is 4.47 Å². The highest BCUT2D eigenvalue weighted by molar-refractivity contribution is 9.10. The number of hydrogen-bond donors (Lipinski definition) is 1. The second kappa shape index (κ2) is 13.8. The van der Waals surface area contributed by atoms with E-state index in [2.05, 4.69) is 28.2 Å². The second-order valence-corrected chi connectivity index (χ2v) is 11.0. The molecule has 200 valence electrons. The third-order valence-corrected chi connectivity index (χ3v) is 8.02. The lowest BCUT2D eigenvalue weighted by molar-refractivity contribution is -0.143. The summed E-state index contributed by atoms with van der Waals surface area (Å²) >= 11 is 10.1. The van der Waals surface area contributed by atoms with Crippen LogP contribution in [0.25, 0.3) is 0 Å². The lowest BCUT2D eigenvalue weighted by Gasteiger charge is -2.32. The number of ether oxygens (including phenoxy) is 1. The van der Waals surface area contributed by atoms with Gasteiger partial charge in [0, 0.05) is 24.0 Å². The predicted octanol–water partition coefficient (Wildman–Crippen LogP) is 6.74. The fourth-order valence-corrected chi connectivity index (χ4v) is 5.57. The van der Waals surface area contributed by atoms with Crippen LogP contribution in [0, 0.1) is 0 Å². The van der Waals surface area contributed by atoms with Crippen LogP contribution in [0.4, 0.5) is 0 Å². The summed E-state index contributed by atoms with van der Waals surface area (Å²) in [4.78, 5) is 29.2. The summed E-state index contributed by atoms with van der Waals surface area (Å²) in [5, 5.41) is 3.77. The topological polar surface area (TPSA) is 58.6 Å². The van der Waals surface area contributed by atoms with Crippen LogP contribution in [-0.4, -0.2) is 35.4 Å². The van der Waals surface area contributed by atoms with Crippen molar-refractivity contribution in [1.29, 1.82) is 0 Å². The summed E-state index contributed by atoms with van der Waals surface area (Å²) in [6.07, 6.45) is 5.44. The van der Waals surface area contributed by atoms with Crippen molar-refractivity contribution in [2.75, 3.05) is 6.61 Å². The van der Waals surface area contributed by atoms with Crippen molar-refractivity contribution < 1.29 is 14.3 Å². The second-order valence-electron chi connectivity index (χ2n) is 9.72. The van der Waals surface area contributed by atoms with Crippen LogP contribution in [0.1, 0.15) is 49.3 Å². The van der Waals surface area contributed by atoms with E-state index in [1.807, 2.05) is 66.7 Å². The normalized spacial score (nSPS) is 14.2. The number of benzene rings is 3.